The van der Waals surface area contributed by atoms with Crippen LogP contribution in [0.1, 0.15) is 10.4 Å². The lowest BCUT2D eigenvalue weighted by Crippen LogP contribution is -2.36. The topological polar surface area (TPSA) is 80.2 Å². The molecular formula is C22H19N5O2S2. The van der Waals surface area contributed by atoms with Gasteiger partial charge in [0.15, 0.2) is 5.82 Å². The Kier molecular flexibility index (Phi) is 5.79. The van der Waals surface area contributed by atoms with Gasteiger partial charge in [-0.3, -0.25) is 4.79 Å². The number of hydrogen-bond donors (Lipinski definition) is 1. The molecule has 2 aromatic carbocycles. The third-order valence-corrected chi connectivity index (χ3v) is 6.74. The van der Waals surface area contributed by atoms with Crippen molar-refractivity contribution in [3.05, 3.63) is 60.4 Å². The second kappa shape index (κ2) is 9.01. The minimum absolute atomic E-state index is 0.664. The fraction of sp³-hybridized carbons (Fsp3) is 0.182. The number of thiazole rings is 1. The molecule has 0 unspecified atom stereocenters. The predicted molar refractivity (Wildman–Crippen MR) is 125 cm³/mol. The number of ether oxygens (including phenoxy) is 1. The van der Waals surface area contributed by atoms with Gasteiger partial charge in [0.05, 0.1) is 13.2 Å². The van der Waals surface area contributed by atoms with E-state index in [0.29, 0.717) is 18.8 Å². The number of aromatic nitrogens is 3. The summed E-state index contributed by atoms with van der Waals surface area (Å²) in [6.45, 7) is 3.03. The van der Waals surface area contributed by atoms with E-state index in [9.17, 15) is 4.79 Å². The van der Waals surface area contributed by atoms with Crippen LogP contribution >= 0.6 is 23.3 Å². The molecule has 0 aliphatic carbocycles. The molecule has 7 nitrogen and oxygen atoms in total. The number of aldehydes is 1. The molecule has 1 aliphatic rings. The number of hydrogen-bond acceptors (Lipinski definition) is 9. The smallest absolute Gasteiger partial charge is 0.159 e. The monoisotopic (exact) mass is 449 g/mol. The van der Waals surface area contributed by atoms with Crippen molar-refractivity contribution < 1.29 is 9.53 Å². The molecule has 1 aliphatic heterocycles. The van der Waals surface area contributed by atoms with E-state index in [-0.39, 0.29) is 0 Å². The maximum atomic E-state index is 10.9. The second-order valence-corrected chi connectivity index (χ2v) is 8.80. The molecule has 1 N–H and O–H groups in total. The molecule has 0 atom stereocenters. The maximum Gasteiger partial charge on any atom is 0.159 e. The van der Waals surface area contributed by atoms with Crippen LogP contribution in [0.25, 0.3) is 20.9 Å². The SMILES string of the molecule is O=Cc1cccc(SNc2ccc(-c3nc4c(N5CCOCC5)ncnc4s3)cc2)c1. The zero-order chi connectivity index (χ0) is 21.0. The van der Waals surface area contributed by atoms with Crippen LogP contribution in [0.5, 0.6) is 0 Å². The van der Waals surface area contributed by atoms with Gasteiger partial charge < -0.3 is 14.4 Å². The van der Waals surface area contributed by atoms with E-state index in [1.165, 1.54) is 11.9 Å². The summed E-state index contributed by atoms with van der Waals surface area (Å²) in [5.74, 6) is 0.878. The van der Waals surface area contributed by atoms with Gasteiger partial charge in [-0.15, -0.1) is 0 Å². The zero-order valence-corrected chi connectivity index (χ0v) is 18.2. The molecule has 0 amide bonds. The third kappa shape index (κ3) is 4.39. The fourth-order valence-corrected chi connectivity index (χ4v) is 4.94. The second-order valence-electron chi connectivity index (χ2n) is 6.94. The number of anilines is 2. The van der Waals surface area contributed by atoms with Gasteiger partial charge in [0.2, 0.25) is 0 Å². The highest BCUT2D eigenvalue weighted by Crippen LogP contribution is 2.33. The molecule has 9 heteroatoms. The molecular weight excluding hydrogens is 430 g/mol. The summed E-state index contributed by atoms with van der Waals surface area (Å²) in [4.78, 5) is 28.8. The van der Waals surface area contributed by atoms with Gasteiger partial charge in [0, 0.05) is 34.8 Å². The summed E-state index contributed by atoms with van der Waals surface area (Å²) in [6, 6.07) is 15.6. The lowest BCUT2D eigenvalue weighted by molar-refractivity contribution is 0.112. The first kappa shape index (κ1) is 19.9. The van der Waals surface area contributed by atoms with Crippen molar-refractivity contribution in [3.8, 4) is 10.6 Å². The average molecular weight is 450 g/mol. The first-order valence-electron chi connectivity index (χ1n) is 9.83. The summed E-state index contributed by atoms with van der Waals surface area (Å²) in [6.07, 6.45) is 2.46. The average Bonchev–Trinajstić information content (AvgIpc) is 3.28. The number of rotatable bonds is 6. The Morgan fingerprint density at radius 1 is 1.10 bits per heavy atom. The van der Waals surface area contributed by atoms with E-state index < -0.39 is 0 Å². The molecule has 3 heterocycles. The van der Waals surface area contributed by atoms with E-state index in [0.717, 1.165) is 56.7 Å². The number of fused-ring (bicyclic) bond motifs is 1. The summed E-state index contributed by atoms with van der Waals surface area (Å²) >= 11 is 3.04. The van der Waals surface area contributed by atoms with Crippen molar-refractivity contribution in [2.45, 2.75) is 4.90 Å². The van der Waals surface area contributed by atoms with Gasteiger partial charge in [-0.1, -0.05) is 23.5 Å². The summed E-state index contributed by atoms with van der Waals surface area (Å²) in [5.41, 5.74) is 3.52. The van der Waals surface area contributed by atoms with Crippen molar-refractivity contribution in [3.63, 3.8) is 0 Å². The van der Waals surface area contributed by atoms with Crippen LogP contribution in [0.2, 0.25) is 0 Å². The van der Waals surface area contributed by atoms with Gasteiger partial charge in [-0.25, -0.2) is 15.0 Å². The van der Waals surface area contributed by atoms with Crippen LogP contribution in [-0.4, -0.2) is 47.5 Å². The quantitative estimate of drug-likeness (QED) is 0.340. The number of benzene rings is 2. The number of carbonyl (C=O) groups excluding carboxylic acids is 1. The molecule has 0 bridgehead atoms. The molecule has 156 valence electrons. The van der Waals surface area contributed by atoms with Crippen LogP contribution in [0.4, 0.5) is 11.5 Å². The summed E-state index contributed by atoms with van der Waals surface area (Å²) in [7, 11) is 0. The van der Waals surface area contributed by atoms with Crippen molar-refractivity contribution >= 4 is 51.4 Å². The van der Waals surface area contributed by atoms with Gasteiger partial charge >= 0.3 is 0 Å². The van der Waals surface area contributed by atoms with Crippen LogP contribution < -0.4 is 9.62 Å². The molecule has 0 spiro atoms. The summed E-state index contributed by atoms with van der Waals surface area (Å²) < 4.78 is 8.77. The van der Waals surface area contributed by atoms with Crippen molar-refractivity contribution in [1.29, 1.82) is 0 Å². The first-order valence-corrected chi connectivity index (χ1v) is 11.5. The summed E-state index contributed by atoms with van der Waals surface area (Å²) in [5, 5.41) is 0.919. The number of morpholine rings is 1. The van der Waals surface area contributed by atoms with E-state index in [1.54, 1.807) is 23.7 Å². The van der Waals surface area contributed by atoms with Crippen LogP contribution in [0, 0.1) is 0 Å². The standard InChI is InChI=1S/C22H19N5O2S2/c28-13-15-2-1-3-18(12-15)31-26-17-6-4-16(5-7-17)21-25-19-20(23-14-24-22(19)30-21)27-8-10-29-11-9-27/h1-7,12-14,26H,8-11H2. The Bertz CT molecular complexity index is 1210. The third-order valence-electron chi connectivity index (χ3n) is 4.90. The molecule has 4 aromatic rings. The van der Waals surface area contributed by atoms with Crippen molar-refractivity contribution in [2.75, 3.05) is 35.9 Å². The zero-order valence-electron chi connectivity index (χ0n) is 16.5. The Hall–Kier alpha value is -3.01. The highest BCUT2D eigenvalue weighted by atomic mass is 32.2. The predicted octanol–water partition coefficient (Wildman–Crippen LogP) is 4.52. The van der Waals surface area contributed by atoms with Crippen LogP contribution in [-0.2, 0) is 4.74 Å². The van der Waals surface area contributed by atoms with Gasteiger partial charge in [0.1, 0.15) is 28.0 Å². The fourth-order valence-electron chi connectivity index (χ4n) is 3.32. The minimum atomic E-state index is 0.664. The highest BCUT2D eigenvalue weighted by molar-refractivity contribution is 8.00. The van der Waals surface area contributed by atoms with Crippen molar-refractivity contribution in [2.24, 2.45) is 0 Å². The molecule has 2 aromatic heterocycles. The molecule has 0 radical (unpaired) electrons. The van der Waals surface area contributed by atoms with Gasteiger partial charge in [-0.2, -0.15) is 0 Å². The molecule has 31 heavy (non-hydrogen) atoms. The van der Waals surface area contributed by atoms with E-state index >= 15 is 0 Å². The number of carbonyl (C=O) groups is 1. The Balaban J connectivity index is 1.34. The largest absolute Gasteiger partial charge is 0.378 e. The Morgan fingerprint density at radius 3 is 2.74 bits per heavy atom. The Morgan fingerprint density at radius 2 is 1.94 bits per heavy atom. The van der Waals surface area contributed by atoms with E-state index in [1.807, 2.05) is 42.5 Å². The number of nitrogens with zero attached hydrogens (tertiary/aromatic N) is 4. The first-order chi connectivity index (χ1) is 15.3. The van der Waals surface area contributed by atoms with Crippen LogP contribution in [0.15, 0.2) is 59.8 Å². The molecule has 1 saturated heterocycles. The van der Waals surface area contributed by atoms with E-state index in [2.05, 4.69) is 19.6 Å². The molecule has 1 fully saturated rings. The number of nitrogens with one attached hydrogen (secondary N) is 1. The van der Waals surface area contributed by atoms with Gasteiger partial charge in [-0.05, 0) is 48.3 Å². The lowest BCUT2D eigenvalue weighted by atomic mass is 10.2. The van der Waals surface area contributed by atoms with Crippen molar-refractivity contribution in [1.82, 2.24) is 15.0 Å². The Labute approximate surface area is 187 Å². The van der Waals surface area contributed by atoms with E-state index in [4.69, 9.17) is 9.72 Å². The molecule has 0 saturated carbocycles. The normalized spacial score (nSPS) is 14.0. The lowest BCUT2D eigenvalue weighted by Gasteiger charge is -2.27. The van der Waals surface area contributed by atoms with Gasteiger partial charge in [0.25, 0.3) is 0 Å². The molecule has 5 rings (SSSR count). The minimum Gasteiger partial charge on any atom is -0.378 e. The maximum absolute atomic E-state index is 10.9. The van der Waals surface area contributed by atoms with Crippen LogP contribution in [0.3, 0.4) is 0 Å². The highest BCUT2D eigenvalue weighted by Gasteiger charge is 2.19.